The smallest absolute Gasteiger partial charge is 0.350 e. The van der Waals surface area contributed by atoms with Gasteiger partial charge in [-0.2, -0.15) is 0 Å². The normalized spacial score (nSPS) is 10.3. The fourth-order valence-corrected chi connectivity index (χ4v) is 3.16. The molecule has 7 nitrogen and oxygen atoms in total. The summed E-state index contributed by atoms with van der Waals surface area (Å²) in [6, 6.07) is 5.58. The first-order valence-corrected chi connectivity index (χ1v) is 8.85. The van der Waals surface area contributed by atoms with Crippen molar-refractivity contribution in [2.45, 2.75) is 20.3 Å². The summed E-state index contributed by atoms with van der Waals surface area (Å²) in [6.07, 6.45) is 0.618. The van der Waals surface area contributed by atoms with E-state index in [1.54, 1.807) is 21.1 Å². The van der Waals surface area contributed by atoms with Crippen molar-refractivity contribution < 1.29 is 23.8 Å². The molecule has 0 saturated carbocycles. The van der Waals surface area contributed by atoms with Gasteiger partial charge in [-0.15, -0.1) is 11.3 Å². The van der Waals surface area contributed by atoms with Gasteiger partial charge in [-0.25, -0.2) is 9.78 Å². The lowest BCUT2D eigenvalue weighted by Crippen LogP contribution is -2.30. The Bertz CT molecular complexity index is 788. The molecule has 0 radical (unpaired) electrons. The molecule has 1 aromatic heterocycles. The molecule has 0 aliphatic carbocycles. The van der Waals surface area contributed by atoms with E-state index in [0.29, 0.717) is 35.0 Å². The zero-order chi connectivity index (χ0) is 19.1. The predicted octanol–water partition coefficient (Wildman–Crippen LogP) is 2.29. The van der Waals surface area contributed by atoms with Crippen molar-refractivity contribution in [1.82, 2.24) is 10.3 Å². The molecule has 8 heteroatoms. The Morgan fingerprint density at radius 3 is 2.50 bits per heavy atom. The molecule has 2 rings (SSSR count). The molecular formula is C18H22N2O5S. The monoisotopic (exact) mass is 378 g/mol. The van der Waals surface area contributed by atoms with E-state index in [4.69, 9.17) is 14.2 Å². The molecule has 140 valence electrons. The van der Waals surface area contributed by atoms with Crippen molar-refractivity contribution in [3.63, 3.8) is 0 Å². The first-order chi connectivity index (χ1) is 12.4. The van der Waals surface area contributed by atoms with E-state index in [9.17, 15) is 9.59 Å². The van der Waals surface area contributed by atoms with Gasteiger partial charge in [0, 0.05) is 6.54 Å². The van der Waals surface area contributed by atoms with Crippen LogP contribution in [-0.4, -0.2) is 44.2 Å². The standard InChI is InChI=1S/C18H22N2O5S/c1-11-17(26-12(2)20-11)18(22)25-10-16(21)19-8-7-13-5-6-14(23-3)15(9-13)24-4/h5-6,9H,7-8,10H2,1-4H3,(H,19,21). The molecule has 1 aromatic carbocycles. The number of methoxy groups -OCH3 is 2. The van der Waals surface area contributed by atoms with Crippen molar-refractivity contribution >= 4 is 23.2 Å². The third-order valence-corrected chi connectivity index (χ3v) is 4.66. The molecule has 0 unspecified atom stereocenters. The summed E-state index contributed by atoms with van der Waals surface area (Å²) in [5, 5.41) is 3.51. The highest BCUT2D eigenvalue weighted by Crippen LogP contribution is 2.27. The van der Waals surface area contributed by atoms with E-state index in [0.717, 1.165) is 10.6 Å². The van der Waals surface area contributed by atoms with Crippen LogP contribution in [0.5, 0.6) is 11.5 Å². The quantitative estimate of drug-likeness (QED) is 0.709. The number of benzene rings is 1. The average Bonchev–Trinajstić information content (AvgIpc) is 2.97. The lowest BCUT2D eigenvalue weighted by Gasteiger charge is -2.10. The summed E-state index contributed by atoms with van der Waals surface area (Å²) in [5.74, 6) is 0.419. The second-order valence-corrected chi connectivity index (χ2v) is 6.72. The number of carbonyl (C=O) groups excluding carboxylic acids is 2. The molecule has 0 atom stereocenters. The molecule has 0 aliphatic heterocycles. The van der Waals surface area contributed by atoms with Crippen molar-refractivity contribution in [3.8, 4) is 11.5 Å². The molecule has 2 aromatic rings. The van der Waals surface area contributed by atoms with Gasteiger partial charge in [-0.05, 0) is 38.0 Å². The number of hydrogen-bond donors (Lipinski definition) is 1. The SMILES string of the molecule is COc1ccc(CCNC(=O)COC(=O)c2sc(C)nc2C)cc1OC. The number of carbonyl (C=O) groups is 2. The molecule has 0 spiro atoms. The van der Waals surface area contributed by atoms with Crippen LogP contribution in [0.25, 0.3) is 0 Å². The number of thiazole rings is 1. The molecule has 1 heterocycles. The summed E-state index contributed by atoms with van der Waals surface area (Å²) in [4.78, 5) is 28.4. The maximum atomic E-state index is 12.0. The first-order valence-electron chi connectivity index (χ1n) is 8.03. The summed E-state index contributed by atoms with van der Waals surface area (Å²) in [6.45, 7) is 3.66. The fraction of sp³-hybridized carbons (Fsp3) is 0.389. The number of aryl methyl sites for hydroxylation is 2. The number of nitrogens with zero attached hydrogens (tertiary/aromatic N) is 1. The van der Waals surface area contributed by atoms with Crippen molar-refractivity contribution in [2.24, 2.45) is 0 Å². The molecule has 0 bridgehead atoms. The number of nitrogens with one attached hydrogen (secondary N) is 1. The maximum absolute atomic E-state index is 12.0. The minimum atomic E-state index is -0.525. The summed E-state index contributed by atoms with van der Waals surface area (Å²) in [7, 11) is 3.15. The van der Waals surface area contributed by atoms with Crippen LogP contribution in [0.1, 0.15) is 25.9 Å². The summed E-state index contributed by atoms with van der Waals surface area (Å²) >= 11 is 1.26. The Labute approximate surface area is 156 Å². The van der Waals surface area contributed by atoms with Crippen LogP contribution < -0.4 is 14.8 Å². The molecule has 0 fully saturated rings. The van der Waals surface area contributed by atoms with Gasteiger partial charge in [0.2, 0.25) is 0 Å². The van der Waals surface area contributed by atoms with Crippen molar-refractivity contribution in [1.29, 1.82) is 0 Å². The van der Waals surface area contributed by atoms with E-state index in [1.165, 1.54) is 11.3 Å². The van der Waals surface area contributed by atoms with Crippen LogP contribution in [0.3, 0.4) is 0 Å². The largest absolute Gasteiger partial charge is 0.493 e. The Morgan fingerprint density at radius 2 is 1.88 bits per heavy atom. The zero-order valence-electron chi connectivity index (χ0n) is 15.3. The Hall–Kier alpha value is -2.61. The fourth-order valence-electron chi connectivity index (χ4n) is 2.35. The predicted molar refractivity (Wildman–Crippen MR) is 98.1 cm³/mol. The van der Waals surface area contributed by atoms with Gasteiger partial charge in [0.25, 0.3) is 5.91 Å². The van der Waals surface area contributed by atoms with Crippen LogP contribution >= 0.6 is 11.3 Å². The van der Waals surface area contributed by atoms with Gasteiger partial charge >= 0.3 is 5.97 Å². The van der Waals surface area contributed by atoms with E-state index in [-0.39, 0.29) is 12.5 Å². The Kier molecular flexibility index (Phi) is 6.97. The Morgan fingerprint density at radius 1 is 1.15 bits per heavy atom. The maximum Gasteiger partial charge on any atom is 0.350 e. The highest BCUT2D eigenvalue weighted by atomic mass is 32.1. The zero-order valence-corrected chi connectivity index (χ0v) is 16.1. The van der Waals surface area contributed by atoms with E-state index >= 15 is 0 Å². The van der Waals surface area contributed by atoms with Crippen LogP contribution in [0.15, 0.2) is 18.2 Å². The van der Waals surface area contributed by atoms with E-state index in [2.05, 4.69) is 10.3 Å². The van der Waals surface area contributed by atoms with Gasteiger partial charge in [0.1, 0.15) is 4.88 Å². The molecule has 26 heavy (non-hydrogen) atoms. The minimum absolute atomic E-state index is 0.318. The van der Waals surface area contributed by atoms with Crippen molar-refractivity contribution in [3.05, 3.63) is 39.3 Å². The molecular weight excluding hydrogens is 356 g/mol. The first kappa shape index (κ1) is 19.7. The third kappa shape index (κ3) is 5.19. The van der Waals surface area contributed by atoms with Gasteiger partial charge in [0.05, 0.1) is 24.9 Å². The van der Waals surface area contributed by atoms with E-state index < -0.39 is 5.97 Å². The minimum Gasteiger partial charge on any atom is -0.493 e. The number of rotatable bonds is 8. The number of hydrogen-bond acceptors (Lipinski definition) is 7. The van der Waals surface area contributed by atoms with Gasteiger partial charge in [-0.3, -0.25) is 4.79 Å². The summed E-state index contributed by atoms with van der Waals surface area (Å²) in [5.41, 5.74) is 1.61. The lowest BCUT2D eigenvalue weighted by atomic mass is 10.1. The van der Waals surface area contributed by atoms with Crippen LogP contribution in [-0.2, 0) is 16.0 Å². The topological polar surface area (TPSA) is 86.8 Å². The average molecular weight is 378 g/mol. The Balaban J connectivity index is 1.77. The third-order valence-electron chi connectivity index (χ3n) is 3.61. The molecule has 1 N–H and O–H groups in total. The molecule has 0 saturated heterocycles. The lowest BCUT2D eigenvalue weighted by molar-refractivity contribution is -0.124. The second-order valence-electron chi connectivity index (χ2n) is 5.51. The number of esters is 1. The highest BCUT2D eigenvalue weighted by Gasteiger charge is 2.16. The van der Waals surface area contributed by atoms with Crippen LogP contribution in [0.4, 0.5) is 0 Å². The molecule has 1 amide bonds. The number of ether oxygens (including phenoxy) is 3. The van der Waals surface area contributed by atoms with Gasteiger partial charge in [0.15, 0.2) is 18.1 Å². The van der Waals surface area contributed by atoms with Gasteiger partial charge in [-0.1, -0.05) is 6.07 Å². The number of amides is 1. The van der Waals surface area contributed by atoms with Crippen LogP contribution in [0, 0.1) is 13.8 Å². The van der Waals surface area contributed by atoms with Crippen molar-refractivity contribution in [2.75, 3.05) is 27.4 Å². The van der Waals surface area contributed by atoms with Crippen LogP contribution in [0.2, 0.25) is 0 Å². The van der Waals surface area contributed by atoms with Gasteiger partial charge < -0.3 is 19.5 Å². The molecule has 0 aliphatic rings. The number of aromatic nitrogens is 1. The summed E-state index contributed by atoms with van der Waals surface area (Å²) < 4.78 is 15.5. The van der Waals surface area contributed by atoms with E-state index in [1.807, 2.05) is 25.1 Å². The second kappa shape index (κ2) is 9.19. The highest BCUT2D eigenvalue weighted by molar-refractivity contribution is 7.13.